The lowest BCUT2D eigenvalue weighted by Gasteiger charge is -2.07. The molecule has 0 bridgehead atoms. The van der Waals surface area contributed by atoms with E-state index >= 15 is 0 Å². The second-order valence-electron chi connectivity index (χ2n) is 5.28. The van der Waals surface area contributed by atoms with Crippen LogP contribution in [0.2, 0.25) is 0 Å². The third-order valence-corrected chi connectivity index (χ3v) is 4.43. The molecule has 2 aromatic carbocycles. The molecule has 0 aliphatic rings. The zero-order chi connectivity index (χ0) is 15.9. The molecule has 0 aliphatic carbocycles. The number of rotatable bonds is 7. The van der Waals surface area contributed by atoms with E-state index in [0.29, 0.717) is 6.61 Å². The zero-order valence-electron chi connectivity index (χ0n) is 13.2. The molecule has 1 heterocycles. The van der Waals surface area contributed by atoms with Gasteiger partial charge in [-0.25, -0.2) is 4.98 Å². The van der Waals surface area contributed by atoms with Crippen molar-refractivity contribution in [1.82, 2.24) is 10.3 Å². The maximum Gasteiger partial charge on any atom is 0.120 e. The molecule has 1 N–H and O–H groups in total. The van der Waals surface area contributed by atoms with Gasteiger partial charge in [-0.2, -0.15) is 0 Å². The highest BCUT2D eigenvalue weighted by Crippen LogP contribution is 2.26. The maximum atomic E-state index is 5.89. The molecule has 1 aromatic heterocycles. The van der Waals surface area contributed by atoms with Crippen molar-refractivity contribution >= 4 is 11.3 Å². The van der Waals surface area contributed by atoms with Gasteiger partial charge in [0.15, 0.2) is 0 Å². The Hall–Kier alpha value is -2.17. The van der Waals surface area contributed by atoms with Crippen LogP contribution in [0.25, 0.3) is 11.3 Å². The lowest BCUT2D eigenvalue weighted by molar-refractivity contribution is 0.306. The maximum absolute atomic E-state index is 5.89. The molecule has 0 spiro atoms. The van der Waals surface area contributed by atoms with Crippen molar-refractivity contribution in [1.29, 1.82) is 0 Å². The number of nitrogens with one attached hydrogen (secondary N) is 1. The Balaban J connectivity index is 1.68. The monoisotopic (exact) mass is 324 g/mol. The van der Waals surface area contributed by atoms with Crippen LogP contribution in [0.4, 0.5) is 0 Å². The van der Waals surface area contributed by atoms with Crippen LogP contribution in [0, 0.1) is 0 Å². The largest absolute Gasteiger partial charge is 0.489 e. The van der Waals surface area contributed by atoms with Gasteiger partial charge in [-0.1, -0.05) is 42.5 Å². The quantitative estimate of drug-likeness (QED) is 0.709. The van der Waals surface area contributed by atoms with Gasteiger partial charge in [0.2, 0.25) is 0 Å². The van der Waals surface area contributed by atoms with Gasteiger partial charge in [0.1, 0.15) is 12.4 Å². The van der Waals surface area contributed by atoms with Gasteiger partial charge in [-0.3, -0.25) is 0 Å². The zero-order valence-corrected chi connectivity index (χ0v) is 14.0. The molecule has 3 aromatic rings. The first-order valence-electron chi connectivity index (χ1n) is 7.71. The van der Waals surface area contributed by atoms with Crippen LogP contribution in [0.15, 0.2) is 60.0 Å². The van der Waals surface area contributed by atoms with Crippen LogP contribution in [0.3, 0.4) is 0 Å². The molecule has 4 heteroatoms. The highest BCUT2D eigenvalue weighted by molar-refractivity contribution is 7.09. The number of hydrogen-bond donors (Lipinski definition) is 1. The lowest BCUT2D eigenvalue weighted by Crippen LogP contribution is -2.09. The van der Waals surface area contributed by atoms with Crippen molar-refractivity contribution in [3.05, 3.63) is 70.5 Å². The summed E-state index contributed by atoms with van der Waals surface area (Å²) in [4.78, 5) is 4.70. The van der Waals surface area contributed by atoms with E-state index in [1.54, 1.807) is 11.3 Å². The second-order valence-corrected chi connectivity index (χ2v) is 6.22. The fraction of sp³-hybridized carbons (Fsp3) is 0.211. The molecule has 0 fully saturated rings. The minimum absolute atomic E-state index is 0.578. The molecule has 0 unspecified atom stereocenters. The standard InChI is InChI=1S/C19H20N2OS/c1-20-11-10-19-21-18(14-23-19)16-8-5-9-17(12-16)22-13-15-6-3-2-4-7-15/h2-9,12,14,20H,10-11,13H2,1H3. The Morgan fingerprint density at radius 2 is 1.96 bits per heavy atom. The summed E-state index contributed by atoms with van der Waals surface area (Å²) >= 11 is 1.71. The molecule has 118 valence electrons. The SMILES string of the molecule is CNCCc1nc(-c2cccc(OCc3ccccc3)c2)cs1. The average Bonchev–Trinajstić information content (AvgIpc) is 3.08. The molecular formula is C19H20N2OS. The molecular weight excluding hydrogens is 304 g/mol. The lowest BCUT2D eigenvalue weighted by atomic mass is 10.1. The Kier molecular flexibility index (Phi) is 5.40. The van der Waals surface area contributed by atoms with Crippen LogP contribution < -0.4 is 10.1 Å². The number of hydrogen-bond acceptors (Lipinski definition) is 4. The molecule has 0 radical (unpaired) electrons. The highest BCUT2D eigenvalue weighted by atomic mass is 32.1. The van der Waals surface area contributed by atoms with Crippen LogP contribution in [-0.4, -0.2) is 18.6 Å². The van der Waals surface area contributed by atoms with Gasteiger partial charge in [-0.05, 0) is 24.7 Å². The third kappa shape index (κ3) is 4.41. The van der Waals surface area contributed by atoms with Crippen molar-refractivity contribution in [2.75, 3.05) is 13.6 Å². The molecule has 0 aliphatic heterocycles. The van der Waals surface area contributed by atoms with E-state index in [-0.39, 0.29) is 0 Å². The fourth-order valence-electron chi connectivity index (χ4n) is 2.28. The molecule has 0 amide bonds. The predicted molar refractivity (Wildman–Crippen MR) is 96.0 cm³/mol. The Bertz CT molecular complexity index is 740. The van der Waals surface area contributed by atoms with Crippen molar-refractivity contribution < 1.29 is 4.74 Å². The molecule has 3 nitrogen and oxygen atoms in total. The van der Waals surface area contributed by atoms with Gasteiger partial charge < -0.3 is 10.1 Å². The number of aromatic nitrogens is 1. The molecule has 3 rings (SSSR count). The second kappa shape index (κ2) is 7.90. The minimum Gasteiger partial charge on any atom is -0.489 e. The Labute approximate surface area is 141 Å². The van der Waals surface area contributed by atoms with E-state index < -0.39 is 0 Å². The van der Waals surface area contributed by atoms with Crippen molar-refractivity contribution in [3.63, 3.8) is 0 Å². The summed E-state index contributed by atoms with van der Waals surface area (Å²) in [5.41, 5.74) is 3.29. The van der Waals surface area contributed by atoms with Crippen LogP contribution in [0.5, 0.6) is 5.75 Å². The summed E-state index contributed by atoms with van der Waals surface area (Å²) in [6.45, 7) is 1.53. The number of benzene rings is 2. The molecule has 0 saturated carbocycles. The molecule has 23 heavy (non-hydrogen) atoms. The summed E-state index contributed by atoms with van der Waals surface area (Å²) in [5.74, 6) is 0.871. The van der Waals surface area contributed by atoms with Crippen molar-refractivity contribution in [2.45, 2.75) is 13.0 Å². The first-order valence-corrected chi connectivity index (χ1v) is 8.59. The van der Waals surface area contributed by atoms with E-state index in [2.05, 4.69) is 35.0 Å². The number of ether oxygens (including phenoxy) is 1. The predicted octanol–water partition coefficient (Wildman–Crippen LogP) is 4.15. The normalized spacial score (nSPS) is 10.7. The van der Waals surface area contributed by atoms with Gasteiger partial charge >= 0.3 is 0 Å². The topological polar surface area (TPSA) is 34.2 Å². The van der Waals surface area contributed by atoms with Crippen LogP contribution in [-0.2, 0) is 13.0 Å². The van der Waals surface area contributed by atoms with E-state index in [4.69, 9.17) is 9.72 Å². The Morgan fingerprint density at radius 1 is 1.09 bits per heavy atom. The summed E-state index contributed by atoms with van der Waals surface area (Å²) in [6, 6.07) is 18.3. The fourth-order valence-corrected chi connectivity index (χ4v) is 3.08. The minimum atomic E-state index is 0.578. The third-order valence-electron chi connectivity index (χ3n) is 3.52. The highest BCUT2D eigenvalue weighted by Gasteiger charge is 2.06. The van der Waals surface area contributed by atoms with Gasteiger partial charge in [-0.15, -0.1) is 11.3 Å². The van der Waals surface area contributed by atoms with Crippen molar-refractivity contribution in [2.24, 2.45) is 0 Å². The van der Waals surface area contributed by atoms with Crippen LogP contribution in [0.1, 0.15) is 10.6 Å². The van der Waals surface area contributed by atoms with E-state index in [1.165, 1.54) is 5.56 Å². The molecule has 0 saturated heterocycles. The Morgan fingerprint density at radius 3 is 2.78 bits per heavy atom. The van der Waals surface area contributed by atoms with Crippen molar-refractivity contribution in [3.8, 4) is 17.0 Å². The number of thiazole rings is 1. The van der Waals surface area contributed by atoms with Gasteiger partial charge in [0.25, 0.3) is 0 Å². The van der Waals surface area contributed by atoms with E-state index in [9.17, 15) is 0 Å². The first-order chi connectivity index (χ1) is 11.3. The summed E-state index contributed by atoms with van der Waals surface area (Å²) in [6.07, 6.45) is 0.964. The van der Waals surface area contributed by atoms with Crippen LogP contribution >= 0.6 is 11.3 Å². The summed E-state index contributed by atoms with van der Waals surface area (Å²) < 4.78 is 5.89. The van der Waals surface area contributed by atoms with Gasteiger partial charge in [0.05, 0.1) is 10.7 Å². The molecule has 0 atom stereocenters. The number of nitrogens with zero attached hydrogens (tertiary/aromatic N) is 1. The first kappa shape index (κ1) is 15.7. The van der Waals surface area contributed by atoms with Gasteiger partial charge in [0, 0.05) is 23.9 Å². The summed E-state index contributed by atoms with van der Waals surface area (Å²) in [7, 11) is 1.96. The van der Waals surface area contributed by atoms with E-state index in [0.717, 1.165) is 35.0 Å². The average molecular weight is 324 g/mol. The van der Waals surface area contributed by atoms with E-state index in [1.807, 2.05) is 37.4 Å². The number of likely N-dealkylation sites (N-methyl/N-ethyl adjacent to an activating group) is 1. The summed E-state index contributed by atoms with van der Waals surface area (Å²) in [5, 5.41) is 6.42. The smallest absolute Gasteiger partial charge is 0.120 e.